The Hall–Kier alpha value is -2.64. The Bertz CT molecular complexity index is 917. The second kappa shape index (κ2) is 5.28. The Labute approximate surface area is 129 Å². The molecule has 4 aromatic rings. The summed E-state index contributed by atoms with van der Waals surface area (Å²) < 4.78 is 1.69. The van der Waals surface area contributed by atoms with Gasteiger partial charge < -0.3 is 5.11 Å². The van der Waals surface area contributed by atoms with Crippen LogP contribution >= 0.6 is 11.3 Å². The van der Waals surface area contributed by atoms with Gasteiger partial charge in [-0.1, -0.05) is 11.3 Å². The highest BCUT2D eigenvalue weighted by molar-refractivity contribution is 7.19. The van der Waals surface area contributed by atoms with Crippen molar-refractivity contribution in [1.29, 1.82) is 0 Å². The molecule has 7 heteroatoms. The van der Waals surface area contributed by atoms with Crippen LogP contribution in [0.1, 0.15) is 5.69 Å². The van der Waals surface area contributed by atoms with Crippen molar-refractivity contribution in [1.82, 2.24) is 24.6 Å². The molecular weight excluding hydrogens is 298 g/mol. The van der Waals surface area contributed by atoms with E-state index < -0.39 is 0 Å². The van der Waals surface area contributed by atoms with Gasteiger partial charge in [0.25, 0.3) is 0 Å². The van der Waals surface area contributed by atoms with Crippen molar-refractivity contribution in [2.45, 2.75) is 6.61 Å². The lowest BCUT2D eigenvalue weighted by Crippen LogP contribution is -1.96. The minimum absolute atomic E-state index is 0.137. The molecule has 0 unspecified atom stereocenters. The van der Waals surface area contributed by atoms with Crippen LogP contribution in [0, 0.1) is 0 Å². The molecule has 0 amide bonds. The van der Waals surface area contributed by atoms with Crippen LogP contribution < -0.4 is 0 Å². The van der Waals surface area contributed by atoms with Gasteiger partial charge in [-0.2, -0.15) is 5.10 Å². The molecule has 4 rings (SSSR count). The highest BCUT2D eigenvalue weighted by Crippen LogP contribution is 2.30. The Morgan fingerprint density at radius 2 is 1.77 bits per heavy atom. The van der Waals surface area contributed by atoms with Gasteiger partial charge in [0.1, 0.15) is 5.01 Å². The molecule has 4 heterocycles. The standard InChI is InChI=1S/C15H11N5OS/c21-9-12-13(10-3-1-5-16-7-10)18-15-20(12)19-14(22-15)11-4-2-6-17-8-11/h1-8,21H,9H2. The predicted molar refractivity (Wildman–Crippen MR) is 83.2 cm³/mol. The van der Waals surface area contributed by atoms with Gasteiger partial charge in [-0.15, -0.1) is 0 Å². The van der Waals surface area contributed by atoms with Crippen LogP contribution in [0.3, 0.4) is 0 Å². The largest absolute Gasteiger partial charge is 0.390 e. The first-order chi connectivity index (χ1) is 10.9. The molecule has 0 spiro atoms. The lowest BCUT2D eigenvalue weighted by molar-refractivity contribution is 0.275. The van der Waals surface area contributed by atoms with Crippen LogP contribution in [-0.4, -0.2) is 29.7 Å². The summed E-state index contributed by atoms with van der Waals surface area (Å²) in [6, 6.07) is 7.58. The van der Waals surface area contributed by atoms with Gasteiger partial charge in [-0.3, -0.25) is 9.97 Å². The molecular formula is C15H11N5OS. The number of aliphatic hydroxyl groups is 1. The number of imidazole rings is 1. The van der Waals surface area contributed by atoms with E-state index in [1.165, 1.54) is 11.3 Å². The zero-order chi connectivity index (χ0) is 14.9. The van der Waals surface area contributed by atoms with Crippen molar-refractivity contribution in [3.63, 3.8) is 0 Å². The lowest BCUT2D eigenvalue weighted by atomic mass is 10.2. The number of hydrogen-bond donors (Lipinski definition) is 1. The number of pyridine rings is 2. The number of fused-ring (bicyclic) bond motifs is 1. The van der Waals surface area contributed by atoms with Gasteiger partial charge in [-0.05, 0) is 24.3 Å². The van der Waals surface area contributed by atoms with E-state index in [0.717, 1.165) is 21.1 Å². The Balaban J connectivity index is 1.88. The molecule has 6 nitrogen and oxygen atoms in total. The van der Waals surface area contributed by atoms with Crippen molar-refractivity contribution >= 4 is 16.3 Å². The maximum atomic E-state index is 9.72. The number of aliphatic hydroxyl groups excluding tert-OH is 1. The van der Waals surface area contributed by atoms with E-state index in [1.54, 1.807) is 29.3 Å². The summed E-state index contributed by atoms with van der Waals surface area (Å²) in [5, 5.41) is 15.1. The topological polar surface area (TPSA) is 76.2 Å². The van der Waals surface area contributed by atoms with Gasteiger partial charge in [-0.25, -0.2) is 9.50 Å². The van der Waals surface area contributed by atoms with Crippen LogP contribution in [0.4, 0.5) is 0 Å². The van der Waals surface area contributed by atoms with Gasteiger partial charge >= 0.3 is 0 Å². The van der Waals surface area contributed by atoms with Crippen molar-refractivity contribution in [2.24, 2.45) is 0 Å². The second-order valence-electron chi connectivity index (χ2n) is 4.65. The third kappa shape index (κ3) is 2.07. The highest BCUT2D eigenvalue weighted by Gasteiger charge is 2.18. The maximum Gasteiger partial charge on any atom is 0.213 e. The smallest absolute Gasteiger partial charge is 0.213 e. The Morgan fingerprint density at radius 1 is 1.05 bits per heavy atom. The third-order valence-electron chi connectivity index (χ3n) is 3.29. The monoisotopic (exact) mass is 309 g/mol. The Morgan fingerprint density at radius 3 is 2.41 bits per heavy atom. The molecule has 0 bridgehead atoms. The number of hydrogen-bond acceptors (Lipinski definition) is 6. The normalized spacial score (nSPS) is 11.1. The molecule has 22 heavy (non-hydrogen) atoms. The summed E-state index contributed by atoms with van der Waals surface area (Å²) >= 11 is 1.46. The Kier molecular flexibility index (Phi) is 3.14. The molecule has 0 aliphatic heterocycles. The first kappa shape index (κ1) is 13.1. The van der Waals surface area contributed by atoms with E-state index >= 15 is 0 Å². The quantitative estimate of drug-likeness (QED) is 0.629. The van der Waals surface area contributed by atoms with E-state index in [-0.39, 0.29) is 6.61 Å². The first-order valence-corrected chi connectivity index (χ1v) is 7.48. The van der Waals surface area contributed by atoms with E-state index in [9.17, 15) is 5.11 Å². The molecule has 0 fully saturated rings. The molecule has 108 valence electrons. The lowest BCUT2D eigenvalue weighted by Gasteiger charge is -1.99. The average molecular weight is 309 g/mol. The summed E-state index contributed by atoms with van der Waals surface area (Å²) in [7, 11) is 0. The third-order valence-corrected chi connectivity index (χ3v) is 4.25. The second-order valence-corrected chi connectivity index (χ2v) is 5.61. The van der Waals surface area contributed by atoms with Crippen molar-refractivity contribution in [2.75, 3.05) is 0 Å². The van der Waals surface area contributed by atoms with Gasteiger partial charge in [0.2, 0.25) is 4.96 Å². The van der Waals surface area contributed by atoms with E-state index in [4.69, 9.17) is 0 Å². The summed E-state index contributed by atoms with van der Waals surface area (Å²) in [5.41, 5.74) is 3.18. The van der Waals surface area contributed by atoms with Crippen LogP contribution in [0.25, 0.3) is 26.8 Å². The minimum Gasteiger partial charge on any atom is -0.390 e. The number of rotatable bonds is 3. The molecule has 0 aliphatic rings. The molecule has 4 aromatic heterocycles. The molecule has 0 saturated heterocycles. The van der Waals surface area contributed by atoms with Crippen molar-refractivity contribution < 1.29 is 5.11 Å². The average Bonchev–Trinajstić information content (AvgIpc) is 3.14. The zero-order valence-electron chi connectivity index (χ0n) is 11.4. The molecule has 0 aromatic carbocycles. The molecule has 0 saturated carbocycles. The van der Waals surface area contributed by atoms with Crippen molar-refractivity contribution in [3.8, 4) is 21.8 Å². The van der Waals surface area contributed by atoms with Crippen LogP contribution in [-0.2, 0) is 6.61 Å². The van der Waals surface area contributed by atoms with Crippen LogP contribution in [0.15, 0.2) is 49.1 Å². The first-order valence-electron chi connectivity index (χ1n) is 6.67. The number of aromatic nitrogens is 5. The van der Waals surface area contributed by atoms with Gasteiger partial charge in [0, 0.05) is 35.9 Å². The maximum absolute atomic E-state index is 9.72. The summed E-state index contributed by atoms with van der Waals surface area (Å²) in [5.74, 6) is 0. The fraction of sp³-hybridized carbons (Fsp3) is 0.0667. The highest BCUT2D eigenvalue weighted by atomic mass is 32.1. The minimum atomic E-state index is -0.137. The number of nitrogens with zero attached hydrogens (tertiary/aromatic N) is 5. The SMILES string of the molecule is OCc1c(-c2cccnc2)nc2sc(-c3cccnc3)nn12. The van der Waals surface area contributed by atoms with Gasteiger partial charge in [0.15, 0.2) is 0 Å². The molecule has 1 N–H and O–H groups in total. The molecule has 0 atom stereocenters. The van der Waals surface area contributed by atoms with Crippen LogP contribution in [0.5, 0.6) is 0 Å². The summed E-state index contributed by atoms with van der Waals surface area (Å²) in [4.78, 5) is 13.5. The fourth-order valence-electron chi connectivity index (χ4n) is 2.27. The van der Waals surface area contributed by atoms with Gasteiger partial charge in [0.05, 0.1) is 18.0 Å². The van der Waals surface area contributed by atoms with Crippen LogP contribution in [0.2, 0.25) is 0 Å². The zero-order valence-corrected chi connectivity index (χ0v) is 12.2. The molecule has 0 aliphatic carbocycles. The predicted octanol–water partition coefficient (Wildman–Crippen LogP) is 2.41. The summed E-state index contributed by atoms with van der Waals surface area (Å²) in [6.07, 6.45) is 6.92. The van der Waals surface area contributed by atoms with E-state index in [0.29, 0.717) is 11.4 Å². The summed E-state index contributed by atoms with van der Waals surface area (Å²) in [6.45, 7) is -0.137. The van der Waals surface area contributed by atoms with E-state index in [1.807, 2.05) is 24.3 Å². The fourth-order valence-corrected chi connectivity index (χ4v) is 3.18. The molecule has 0 radical (unpaired) electrons. The van der Waals surface area contributed by atoms with Crippen molar-refractivity contribution in [3.05, 3.63) is 54.7 Å². The van der Waals surface area contributed by atoms with E-state index in [2.05, 4.69) is 20.1 Å².